The molecule has 2 fully saturated rings. The van der Waals surface area contributed by atoms with E-state index in [4.69, 9.17) is 0 Å². The van der Waals surface area contributed by atoms with Crippen LogP contribution < -0.4 is 5.32 Å². The van der Waals surface area contributed by atoms with Crippen molar-refractivity contribution in [2.75, 3.05) is 57.7 Å². The van der Waals surface area contributed by atoms with Crippen molar-refractivity contribution in [1.82, 2.24) is 14.7 Å². The zero-order valence-electron chi connectivity index (χ0n) is 16.0. The molecule has 0 aromatic heterocycles. The Morgan fingerprint density at radius 2 is 1.38 bits per heavy atom. The van der Waals surface area contributed by atoms with Gasteiger partial charge in [-0.1, -0.05) is 6.07 Å². The number of nitrogens with zero attached hydrogens (tertiary/aromatic N) is 3. The maximum Gasteiger partial charge on any atom is 0.238 e. The molecule has 0 bridgehead atoms. The fourth-order valence-corrected chi connectivity index (χ4v) is 3.81. The maximum atomic E-state index is 12.3. The molecule has 0 spiro atoms. The quantitative estimate of drug-likeness (QED) is 0.866. The number of hydrogen-bond acceptors (Lipinski definition) is 4. The second-order valence-electron chi connectivity index (χ2n) is 7.56. The van der Waals surface area contributed by atoms with E-state index >= 15 is 0 Å². The van der Waals surface area contributed by atoms with Crippen LogP contribution in [0.15, 0.2) is 18.2 Å². The molecule has 0 aliphatic carbocycles. The minimum atomic E-state index is 0.0246. The smallest absolute Gasteiger partial charge is 0.238 e. The molecule has 142 valence electrons. The van der Waals surface area contributed by atoms with Gasteiger partial charge < -0.3 is 10.2 Å². The number of carbonyl (C=O) groups is 2. The second kappa shape index (κ2) is 8.64. The fraction of sp³-hybridized carbons (Fsp3) is 0.600. The van der Waals surface area contributed by atoms with Gasteiger partial charge in [0.2, 0.25) is 11.8 Å². The lowest BCUT2D eigenvalue weighted by Gasteiger charge is -2.34. The summed E-state index contributed by atoms with van der Waals surface area (Å²) in [6, 6.07) is 6.08. The van der Waals surface area contributed by atoms with Crippen LogP contribution in [-0.2, 0) is 9.59 Å². The van der Waals surface area contributed by atoms with E-state index in [2.05, 4.69) is 21.2 Å². The molecule has 1 aromatic carbocycles. The summed E-state index contributed by atoms with van der Waals surface area (Å²) < 4.78 is 0. The van der Waals surface area contributed by atoms with Crippen LogP contribution in [0.3, 0.4) is 0 Å². The molecule has 1 N–H and O–H groups in total. The average Bonchev–Trinajstić information content (AvgIpc) is 3.10. The van der Waals surface area contributed by atoms with Gasteiger partial charge in [0.1, 0.15) is 0 Å². The van der Waals surface area contributed by atoms with Crippen LogP contribution in [0.25, 0.3) is 0 Å². The highest BCUT2D eigenvalue weighted by Gasteiger charge is 2.24. The van der Waals surface area contributed by atoms with Crippen molar-refractivity contribution in [3.63, 3.8) is 0 Å². The molecule has 3 rings (SSSR count). The first-order valence-electron chi connectivity index (χ1n) is 9.60. The van der Waals surface area contributed by atoms with Gasteiger partial charge in [0.15, 0.2) is 0 Å². The van der Waals surface area contributed by atoms with Crippen LogP contribution in [0.4, 0.5) is 5.69 Å². The molecule has 6 heteroatoms. The minimum absolute atomic E-state index is 0.0246. The minimum Gasteiger partial charge on any atom is -0.342 e. The van der Waals surface area contributed by atoms with Crippen LogP contribution in [-0.4, -0.2) is 78.9 Å². The predicted octanol–water partition coefficient (Wildman–Crippen LogP) is 1.48. The number of benzene rings is 1. The summed E-state index contributed by atoms with van der Waals surface area (Å²) in [6.07, 6.45) is 2.27. The van der Waals surface area contributed by atoms with E-state index in [0.717, 1.165) is 68.9 Å². The van der Waals surface area contributed by atoms with Crippen molar-refractivity contribution in [2.24, 2.45) is 0 Å². The number of carbonyl (C=O) groups excluding carboxylic acids is 2. The molecule has 26 heavy (non-hydrogen) atoms. The van der Waals surface area contributed by atoms with Crippen LogP contribution >= 0.6 is 0 Å². The lowest BCUT2D eigenvalue weighted by Crippen LogP contribution is -2.51. The van der Waals surface area contributed by atoms with Crippen molar-refractivity contribution >= 4 is 17.5 Å². The van der Waals surface area contributed by atoms with Gasteiger partial charge in [-0.25, -0.2) is 0 Å². The molecule has 0 unspecified atom stereocenters. The first kappa shape index (κ1) is 18.9. The number of piperazine rings is 1. The third-order valence-electron chi connectivity index (χ3n) is 5.16. The Morgan fingerprint density at radius 1 is 0.846 bits per heavy atom. The second-order valence-corrected chi connectivity index (χ2v) is 7.56. The van der Waals surface area contributed by atoms with E-state index in [1.165, 1.54) is 0 Å². The first-order valence-corrected chi connectivity index (χ1v) is 9.60. The molecule has 2 aliphatic heterocycles. The molecule has 0 radical (unpaired) electrons. The lowest BCUT2D eigenvalue weighted by atomic mass is 10.1. The monoisotopic (exact) mass is 358 g/mol. The molecule has 1 aromatic rings. The molecule has 6 nitrogen and oxygen atoms in total. The van der Waals surface area contributed by atoms with Gasteiger partial charge >= 0.3 is 0 Å². The molecule has 0 saturated carbocycles. The molecule has 2 aliphatic rings. The van der Waals surface area contributed by atoms with E-state index in [-0.39, 0.29) is 11.8 Å². The Labute approximate surface area is 156 Å². The number of nitrogens with one attached hydrogen (secondary N) is 1. The summed E-state index contributed by atoms with van der Waals surface area (Å²) in [6.45, 7) is 10.2. The van der Waals surface area contributed by atoms with Gasteiger partial charge in [0.25, 0.3) is 0 Å². The van der Waals surface area contributed by atoms with Gasteiger partial charge in [-0.2, -0.15) is 0 Å². The topological polar surface area (TPSA) is 55.9 Å². The van der Waals surface area contributed by atoms with Crippen molar-refractivity contribution < 1.29 is 9.59 Å². The zero-order valence-corrected chi connectivity index (χ0v) is 16.0. The maximum absolute atomic E-state index is 12.3. The highest BCUT2D eigenvalue weighted by atomic mass is 16.2. The Kier molecular flexibility index (Phi) is 6.27. The first-order chi connectivity index (χ1) is 12.5. The summed E-state index contributed by atoms with van der Waals surface area (Å²) in [5.74, 6) is 0.278. The fourth-order valence-electron chi connectivity index (χ4n) is 3.81. The Hall–Kier alpha value is -1.92. The molecular weight excluding hydrogens is 328 g/mol. The van der Waals surface area contributed by atoms with Crippen LogP contribution in [0.2, 0.25) is 0 Å². The van der Waals surface area contributed by atoms with Gasteiger partial charge in [0, 0.05) is 45.0 Å². The van der Waals surface area contributed by atoms with Crippen molar-refractivity contribution in [3.8, 4) is 0 Å². The standard InChI is InChI=1S/C20H30N4O2/c1-16-11-17(2)13-18(12-16)21-19(25)14-22-7-9-23(10-8-22)15-20(26)24-5-3-4-6-24/h11-13H,3-10,14-15H2,1-2H3,(H,21,25). The Balaban J connectivity index is 1.40. The zero-order chi connectivity index (χ0) is 18.5. The largest absolute Gasteiger partial charge is 0.342 e. The summed E-state index contributed by atoms with van der Waals surface area (Å²) in [5.41, 5.74) is 3.16. The van der Waals surface area contributed by atoms with Crippen molar-refractivity contribution in [3.05, 3.63) is 29.3 Å². The van der Waals surface area contributed by atoms with E-state index < -0.39 is 0 Å². The van der Waals surface area contributed by atoms with Gasteiger partial charge in [-0.05, 0) is 49.9 Å². The molecule has 2 heterocycles. The average molecular weight is 358 g/mol. The number of aryl methyl sites for hydroxylation is 2. The van der Waals surface area contributed by atoms with Crippen LogP contribution in [0, 0.1) is 13.8 Å². The highest BCUT2D eigenvalue weighted by molar-refractivity contribution is 5.92. The predicted molar refractivity (Wildman–Crippen MR) is 103 cm³/mol. The van der Waals surface area contributed by atoms with E-state index in [9.17, 15) is 9.59 Å². The summed E-state index contributed by atoms with van der Waals surface area (Å²) in [5, 5.41) is 3.00. The Morgan fingerprint density at radius 3 is 1.96 bits per heavy atom. The number of hydrogen-bond donors (Lipinski definition) is 1. The molecule has 2 saturated heterocycles. The number of likely N-dealkylation sites (tertiary alicyclic amines) is 1. The summed E-state index contributed by atoms with van der Waals surface area (Å²) >= 11 is 0. The van der Waals surface area contributed by atoms with Crippen LogP contribution in [0.5, 0.6) is 0 Å². The summed E-state index contributed by atoms with van der Waals surface area (Å²) in [7, 11) is 0. The van der Waals surface area contributed by atoms with Crippen LogP contribution in [0.1, 0.15) is 24.0 Å². The summed E-state index contributed by atoms with van der Waals surface area (Å²) in [4.78, 5) is 30.9. The normalized spacial score (nSPS) is 18.9. The van der Waals surface area contributed by atoms with Crippen molar-refractivity contribution in [1.29, 1.82) is 0 Å². The van der Waals surface area contributed by atoms with E-state index in [0.29, 0.717) is 13.1 Å². The van der Waals surface area contributed by atoms with Gasteiger partial charge in [-0.3, -0.25) is 19.4 Å². The highest BCUT2D eigenvalue weighted by Crippen LogP contribution is 2.14. The molecule has 2 amide bonds. The van der Waals surface area contributed by atoms with Crippen molar-refractivity contribution in [2.45, 2.75) is 26.7 Å². The number of anilines is 1. The number of amides is 2. The van der Waals surface area contributed by atoms with E-state index in [1.807, 2.05) is 30.9 Å². The third-order valence-corrected chi connectivity index (χ3v) is 5.16. The third kappa shape index (κ3) is 5.29. The van der Waals surface area contributed by atoms with E-state index in [1.54, 1.807) is 0 Å². The molecular formula is C20H30N4O2. The number of rotatable bonds is 5. The molecule has 0 atom stereocenters. The SMILES string of the molecule is Cc1cc(C)cc(NC(=O)CN2CCN(CC(=O)N3CCCC3)CC2)c1. The van der Waals surface area contributed by atoms with Gasteiger partial charge in [-0.15, -0.1) is 0 Å². The lowest BCUT2D eigenvalue weighted by molar-refractivity contribution is -0.132. The Bertz CT molecular complexity index is 627. The van der Waals surface area contributed by atoms with Gasteiger partial charge in [0.05, 0.1) is 13.1 Å².